The minimum absolute atomic E-state index is 0.00130. The van der Waals surface area contributed by atoms with Crippen molar-refractivity contribution in [2.75, 3.05) is 6.54 Å². The van der Waals surface area contributed by atoms with Crippen LogP contribution in [0.15, 0.2) is 89.8 Å². The van der Waals surface area contributed by atoms with Crippen LogP contribution < -0.4 is 0 Å². The van der Waals surface area contributed by atoms with E-state index in [0.29, 0.717) is 0 Å². The van der Waals surface area contributed by atoms with Crippen LogP contribution in [0.3, 0.4) is 0 Å². The maximum absolute atomic E-state index is 12.9. The molecule has 188 valence electrons. The number of ether oxygens (including phenoxy) is 2. The molecule has 0 unspecified atom stereocenters. The zero-order valence-electron chi connectivity index (χ0n) is 19.8. The van der Waals surface area contributed by atoms with Gasteiger partial charge in [-0.3, -0.25) is 9.08 Å². The highest BCUT2D eigenvalue weighted by Gasteiger charge is 2.44. The second kappa shape index (κ2) is 11.4. The Morgan fingerprint density at radius 1 is 0.833 bits per heavy atom. The average Bonchev–Trinajstić information content (AvgIpc) is 3.30. The molecule has 4 rings (SSSR count). The number of rotatable bonds is 8. The molecule has 1 saturated heterocycles. The summed E-state index contributed by atoms with van der Waals surface area (Å²) >= 11 is 0. The number of hydrogen-bond donors (Lipinski definition) is 0. The fraction of sp³-hybridized carbons (Fsp3) is 0.259. The van der Waals surface area contributed by atoms with Gasteiger partial charge in [0.05, 0.1) is 17.5 Å². The van der Waals surface area contributed by atoms with Gasteiger partial charge in [0.25, 0.3) is 10.1 Å². The summed E-state index contributed by atoms with van der Waals surface area (Å²) in [5.74, 6) is -0.658. The Kier molecular flexibility index (Phi) is 8.02. The maximum Gasteiger partial charge on any atom is 0.410 e. The molecule has 0 saturated carbocycles. The summed E-state index contributed by atoms with van der Waals surface area (Å²) in [6.45, 7) is 1.74. The van der Waals surface area contributed by atoms with Crippen LogP contribution in [0.5, 0.6) is 0 Å². The highest BCUT2D eigenvalue weighted by atomic mass is 32.2. The lowest BCUT2D eigenvalue weighted by molar-refractivity contribution is -0.149. The van der Waals surface area contributed by atoms with Gasteiger partial charge in [-0.25, -0.2) is 9.59 Å². The molecule has 1 heterocycles. The van der Waals surface area contributed by atoms with Crippen molar-refractivity contribution in [1.29, 1.82) is 0 Å². The van der Waals surface area contributed by atoms with Gasteiger partial charge >= 0.3 is 12.1 Å². The van der Waals surface area contributed by atoms with Crippen LogP contribution in [0.25, 0.3) is 0 Å². The number of aryl methyl sites for hydroxylation is 1. The highest BCUT2D eigenvalue weighted by Crippen LogP contribution is 2.27. The van der Waals surface area contributed by atoms with Crippen molar-refractivity contribution in [3.63, 3.8) is 0 Å². The summed E-state index contributed by atoms with van der Waals surface area (Å²) in [7, 11) is -4.10. The van der Waals surface area contributed by atoms with Gasteiger partial charge in [0.1, 0.15) is 19.3 Å². The maximum atomic E-state index is 12.9. The molecule has 0 bridgehead atoms. The van der Waals surface area contributed by atoms with Gasteiger partial charge in [0.15, 0.2) is 0 Å². The van der Waals surface area contributed by atoms with E-state index in [2.05, 4.69) is 0 Å². The number of hydrogen-bond acceptors (Lipinski definition) is 7. The van der Waals surface area contributed by atoms with Gasteiger partial charge in [-0.05, 0) is 30.2 Å². The first kappa shape index (κ1) is 25.4. The van der Waals surface area contributed by atoms with E-state index in [0.717, 1.165) is 16.7 Å². The molecule has 1 aliphatic heterocycles. The molecule has 1 fully saturated rings. The Balaban J connectivity index is 1.47. The predicted molar refractivity (Wildman–Crippen MR) is 131 cm³/mol. The SMILES string of the molecule is Cc1ccc(S(=O)(=O)O[C@H]2C[C@H](C(=O)OCc3ccccc3)N(C(=O)OCc3ccccc3)C2)cc1. The van der Waals surface area contributed by atoms with Crippen molar-refractivity contribution in [3.05, 3.63) is 102 Å². The Morgan fingerprint density at radius 3 is 1.97 bits per heavy atom. The van der Waals surface area contributed by atoms with Gasteiger partial charge in [-0.1, -0.05) is 78.4 Å². The molecule has 0 N–H and O–H groups in total. The molecule has 0 aromatic heterocycles. The second-order valence-electron chi connectivity index (χ2n) is 8.52. The Hall–Kier alpha value is -3.69. The summed E-state index contributed by atoms with van der Waals surface area (Å²) in [5.41, 5.74) is 2.48. The Bertz CT molecular complexity index is 1220. The summed E-state index contributed by atoms with van der Waals surface area (Å²) in [4.78, 5) is 27.0. The molecule has 0 spiro atoms. The third-order valence-corrected chi connectivity index (χ3v) is 7.15. The smallest absolute Gasteiger partial charge is 0.410 e. The lowest BCUT2D eigenvalue weighted by atomic mass is 10.2. The number of amides is 1. The summed E-state index contributed by atoms with van der Waals surface area (Å²) in [6.07, 6.45) is -1.73. The zero-order chi connectivity index (χ0) is 25.5. The number of likely N-dealkylation sites (tertiary alicyclic amines) is 1. The van der Waals surface area contributed by atoms with E-state index in [1.807, 2.05) is 67.6 Å². The first-order chi connectivity index (χ1) is 17.3. The van der Waals surface area contributed by atoms with E-state index >= 15 is 0 Å². The van der Waals surface area contributed by atoms with Crippen LogP contribution in [-0.4, -0.2) is 44.1 Å². The molecule has 8 nitrogen and oxygen atoms in total. The number of nitrogens with zero attached hydrogens (tertiary/aromatic N) is 1. The fourth-order valence-corrected chi connectivity index (χ4v) is 4.94. The van der Waals surface area contributed by atoms with Crippen molar-refractivity contribution in [3.8, 4) is 0 Å². The number of carbonyl (C=O) groups excluding carboxylic acids is 2. The Morgan fingerprint density at radius 2 is 1.39 bits per heavy atom. The van der Waals surface area contributed by atoms with Crippen LogP contribution >= 0.6 is 0 Å². The second-order valence-corrected chi connectivity index (χ2v) is 10.1. The van der Waals surface area contributed by atoms with Crippen LogP contribution in [0.4, 0.5) is 4.79 Å². The van der Waals surface area contributed by atoms with Crippen LogP contribution in [-0.2, 0) is 41.8 Å². The van der Waals surface area contributed by atoms with E-state index in [9.17, 15) is 18.0 Å². The van der Waals surface area contributed by atoms with E-state index < -0.39 is 34.3 Å². The molecule has 0 aliphatic carbocycles. The first-order valence-electron chi connectivity index (χ1n) is 11.5. The molecular weight excluding hydrogens is 482 g/mol. The zero-order valence-corrected chi connectivity index (χ0v) is 20.6. The lowest BCUT2D eigenvalue weighted by Crippen LogP contribution is -2.41. The highest BCUT2D eigenvalue weighted by molar-refractivity contribution is 7.86. The molecule has 1 amide bonds. The van der Waals surface area contributed by atoms with E-state index in [1.165, 1.54) is 17.0 Å². The quantitative estimate of drug-likeness (QED) is 0.331. The molecule has 36 heavy (non-hydrogen) atoms. The van der Waals surface area contributed by atoms with Crippen LogP contribution in [0.2, 0.25) is 0 Å². The monoisotopic (exact) mass is 509 g/mol. The first-order valence-corrected chi connectivity index (χ1v) is 12.9. The molecule has 2 atom stereocenters. The third-order valence-electron chi connectivity index (χ3n) is 5.77. The Labute approximate surface area is 210 Å². The largest absolute Gasteiger partial charge is 0.459 e. The van der Waals surface area contributed by atoms with Crippen molar-refractivity contribution in [2.24, 2.45) is 0 Å². The summed E-state index contributed by atoms with van der Waals surface area (Å²) < 4.78 is 41.9. The summed E-state index contributed by atoms with van der Waals surface area (Å²) in [5, 5.41) is 0. The van der Waals surface area contributed by atoms with E-state index in [-0.39, 0.29) is 31.1 Å². The molecular formula is C27H27NO7S. The van der Waals surface area contributed by atoms with Gasteiger partial charge in [0.2, 0.25) is 0 Å². The number of benzene rings is 3. The van der Waals surface area contributed by atoms with E-state index in [4.69, 9.17) is 13.7 Å². The van der Waals surface area contributed by atoms with E-state index in [1.54, 1.807) is 12.1 Å². The molecule has 0 radical (unpaired) electrons. The molecule has 3 aromatic rings. The number of esters is 1. The van der Waals surface area contributed by atoms with Crippen LogP contribution in [0, 0.1) is 6.92 Å². The normalized spacial score (nSPS) is 17.5. The molecule has 3 aromatic carbocycles. The predicted octanol–water partition coefficient (Wildman–Crippen LogP) is 4.22. The minimum Gasteiger partial charge on any atom is -0.459 e. The topological polar surface area (TPSA) is 99.2 Å². The number of carbonyl (C=O) groups is 2. The average molecular weight is 510 g/mol. The van der Waals surface area contributed by atoms with Crippen molar-refractivity contribution < 1.29 is 31.7 Å². The fourth-order valence-electron chi connectivity index (χ4n) is 3.86. The van der Waals surface area contributed by atoms with Gasteiger partial charge in [-0.2, -0.15) is 8.42 Å². The van der Waals surface area contributed by atoms with Crippen LogP contribution in [0.1, 0.15) is 23.1 Å². The standard InChI is InChI=1S/C27H27NO7S/c1-20-12-14-24(15-13-20)36(31,32)35-23-16-25(26(29)33-18-21-8-4-2-5-9-21)28(17-23)27(30)34-19-22-10-6-3-7-11-22/h2-15,23,25H,16-19H2,1H3/t23-,25+/m0/s1. The van der Waals surface area contributed by atoms with Gasteiger partial charge in [-0.15, -0.1) is 0 Å². The van der Waals surface area contributed by atoms with Gasteiger partial charge < -0.3 is 9.47 Å². The van der Waals surface area contributed by atoms with Crippen molar-refractivity contribution in [2.45, 2.75) is 43.6 Å². The van der Waals surface area contributed by atoms with Crippen molar-refractivity contribution in [1.82, 2.24) is 4.90 Å². The third kappa shape index (κ3) is 6.50. The molecule has 9 heteroatoms. The minimum atomic E-state index is -4.10. The lowest BCUT2D eigenvalue weighted by Gasteiger charge is -2.22. The van der Waals surface area contributed by atoms with Gasteiger partial charge in [0, 0.05) is 6.42 Å². The molecule has 1 aliphatic rings. The van der Waals surface area contributed by atoms with Crippen molar-refractivity contribution >= 4 is 22.2 Å². The summed E-state index contributed by atoms with van der Waals surface area (Å²) in [6, 6.07) is 23.4.